The lowest BCUT2D eigenvalue weighted by molar-refractivity contribution is 0.106. The highest BCUT2D eigenvalue weighted by atomic mass is 35.5. The second-order valence-electron chi connectivity index (χ2n) is 4.61. The van der Waals surface area contributed by atoms with Gasteiger partial charge in [0, 0.05) is 17.8 Å². The molecule has 1 aromatic rings. The van der Waals surface area contributed by atoms with E-state index < -0.39 is 15.9 Å². The van der Waals surface area contributed by atoms with Crippen LogP contribution in [0.25, 0.3) is 0 Å². The van der Waals surface area contributed by atoms with Gasteiger partial charge in [0.15, 0.2) is 0 Å². The Kier molecular flexibility index (Phi) is 7.29. The Morgan fingerprint density at radius 3 is 2.60 bits per heavy atom. The van der Waals surface area contributed by atoms with E-state index in [2.05, 4.69) is 5.32 Å². The van der Waals surface area contributed by atoms with Gasteiger partial charge >= 0.3 is 0 Å². The summed E-state index contributed by atoms with van der Waals surface area (Å²) in [7, 11) is -2.91. The van der Waals surface area contributed by atoms with Gasteiger partial charge in [-0.15, -0.1) is 0 Å². The molecular weight excluding hydrogens is 302 g/mol. The lowest BCUT2D eigenvalue weighted by atomic mass is 10.3. The predicted molar refractivity (Wildman–Crippen MR) is 80.2 cm³/mol. The zero-order chi connectivity index (χ0) is 15.0. The monoisotopic (exact) mass is 321 g/mol. The van der Waals surface area contributed by atoms with E-state index in [1.54, 1.807) is 24.3 Å². The summed E-state index contributed by atoms with van der Waals surface area (Å²) in [6, 6.07) is 6.89. The minimum Gasteiger partial charge on any atom is -0.491 e. The largest absolute Gasteiger partial charge is 0.491 e. The maximum Gasteiger partial charge on any atom is 0.147 e. The van der Waals surface area contributed by atoms with Crippen LogP contribution in [0.5, 0.6) is 5.75 Å². The summed E-state index contributed by atoms with van der Waals surface area (Å²) in [6.07, 6.45) is 1.09. The van der Waals surface area contributed by atoms with E-state index in [1.807, 2.05) is 0 Å². The molecule has 0 aliphatic heterocycles. The van der Waals surface area contributed by atoms with E-state index in [0.717, 1.165) is 0 Å². The molecule has 114 valence electrons. The molecule has 0 saturated heterocycles. The molecule has 20 heavy (non-hydrogen) atoms. The van der Waals surface area contributed by atoms with Gasteiger partial charge in [-0.2, -0.15) is 0 Å². The molecule has 0 spiro atoms. The fourth-order valence-corrected chi connectivity index (χ4v) is 2.30. The number of hydrogen-bond acceptors (Lipinski definition) is 5. The molecule has 0 saturated carbocycles. The number of benzene rings is 1. The average Bonchev–Trinajstić information content (AvgIpc) is 2.36. The maximum absolute atomic E-state index is 10.9. The number of halogens is 1. The minimum atomic E-state index is -2.91. The molecule has 0 heterocycles. The van der Waals surface area contributed by atoms with Crippen molar-refractivity contribution in [2.45, 2.75) is 12.5 Å². The third kappa shape index (κ3) is 8.37. The summed E-state index contributed by atoms with van der Waals surface area (Å²) in [4.78, 5) is 0. The van der Waals surface area contributed by atoms with Crippen molar-refractivity contribution < 1.29 is 18.3 Å². The molecule has 1 rings (SSSR count). The molecule has 7 heteroatoms. The first kappa shape index (κ1) is 17.2. The van der Waals surface area contributed by atoms with Gasteiger partial charge in [0.1, 0.15) is 28.3 Å². The molecule has 5 nitrogen and oxygen atoms in total. The van der Waals surface area contributed by atoms with E-state index >= 15 is 0 Å². The van der Waals surface area contributed by atoms with E-state index in [-0.39, 0.29) is 12.4 Å². The van der Waals surface area contributed by atoms with Crippen LogP contribution in [0.2, 0.25) is 5.02 Å². The van der Waals surface area contributed by atoms with Crippen LogP contribution in [0.4, 0.5) is 0 Å². The van der Waals surface area contributed by atoms with Crippen molar-refractivity contribution in [2.24, 2.45) is 0 Å². The Balaban J connectivity index is 2.11. The van der Waals surface area contributed by atoms with Gasteiger partial charge in [-0.3, -0.25) is 0 Å². The van der Waals surface area contributed by atoms with Gasteiger partial charge < -0.3 is 15.2 Å². The molecule has 1 unspecified atom stereocenters. The highest BCUT2D eigenvalue weighted by Crippen LogP contribution is 2.15. The molecule has 0 bridgehead atoms. The maximum atomic E-state index is 10.9. The van der Waals surface area contributed by atoms with Crippen LogP contribution in [0, 0.1) is 0 Å². The van der Waals surface area contributed by atoms with Gasteiger partial charge in [0.2, 0.25) is 0 Å². The second-order valence-corrected chi connectivity index (χ2v) is 7.30. The summed E-state index contributed by atoms with van der Waals surface area (Å²) < 4.78 is 27.2. The Bertz CT molecular complexity index is 490. The van der Waals surface area contributed by atoms with Crippen LogP contribution < -0.4 is 10.1 Å². The van der Waals surface area contributed by atoms with Gasteiger partial charge in [0.05, 0.1) is 5.75 Å². The van der Waals surface area contributed by atoms with E-state index in [9.17, 15) is 13.5 Å². The smallest absolute Gasteiger partial charge is 0.147 e. The molecule has 0 fully saturated rings. The number of ether oxygens (including phenoxy) is 1. The molecule has 0 aliphatic carbocycles. The molecule has 1 atom stereocenters. The molecule has 2 N–H and O–H groups in total. The van der Waals surface area contributed by atoms with Crippen molar-refractivity contribution in [3.05, 3.63) is 29.3 Å². The second kappa shape index (κ2) is 8.46. The quantitative estimate of drug-likeness (QED) is 0.666. The molecule has 0 aromatic heterocycles. The highest BCUT2D eigenvalue weighted by Gasteiger charge is 2.06. The molecular formula is C13H20ClNO4S. The van der Waals surface area contributed by atoms with Crippen molar-refractivity contribution >= 4 is 21.4 Å². The zero-order valence-corrected chi connectivity index (χ0v) is 13.0. The summed E-state index contributed by atoms with van der Waals surface area (Å²) in [5.74, 6) is 0.794. The van der Waals surface area contributed by atoms with Crippen molar-refractivity contribution in [3.63, 3.8) is 0 Å². The average molecular weight is 322 g/mol. The van der Waals surface area contributed by atoms with Crippen LogP contribution >= 0.6 is 11.6 Å². The molecule has 0 amide bonds. The van der Waals surface area contributed by atoms with Crippen molar-refractivity contribution in [1.82, 2.24) is 5.32 Å². The minimum absolute atomic E-state index is 0.150. The number of sulfone groups is 1. The third-order valence-corrected chi connectivity index (χ3v) is 3.79. The van der Waals surface area contributed by atoms with Crippen LogP contribution in [0.3, 0.4) is 0 Å². The molecule has 0 radical (unpaired) electrons. The summed E-state index contributed by atoms with van der Waals surface area (Å²) >= 11 is 5.75. The number of nitrogens with one attached hydrogen (secondary N) is 1. The lowest BCUT2D eigenvalue weighted by Crippen LogP contribution is -2.32. The molecule has 1 aromatic carbocycles. The SMILES string of the molecule is CS(=O)(=O)CCCNCC(O)COc1ccc(Cl)cc1. The standard InChI is InChI=1S/C13H20ClNO4S/c1-20(17,18)8-2-7-15-9-12(16)10-19-13-5-3-11(14)4-6-13/h3-6,12,15-16H,2,7-10H2,1H3. The lowest BCUT2D eigenvalue weighted by Gasteiger charge is -2.13. The first-order chi connectivity index (χ1) is 9.37. The van der Waals surface area contributed by atoms with Gasteiger partial charge in [-0.05, 0) is 37.2 Å². The van der Waals surface area contributed by atoms with Crippen LogP contribution in [-0.2, 0) is 9.84 Å². The summed E-state index contributed by atoms with van der Waals surface area (Å²) in [6.45, 7) is 1.07. The summed E-state index contributed by atoms with van der Waals surface area (Å²) in [5.41, 5.74) is 0. The highest BCUT2D eigenvalue weighted by molar-refractivity contribution is 7.90. The number of rotatable bonds is 9. The normalized spacial score (nSPS) is 13.2. The van der Waals surface area contributed by atoms with Gasteiger partial charge in [0.25, 0.3) is 0 Å². The van der Waals surface area contributed by atoms with Crippen LogP contribution in [0.15, 0.2) is 24.3 Å². The fraction of sp³-hybridized carbons (Fsp3) is 0.538. The van der Waals surface area contributed by atoms with E-state index in [1.165, 1.54) is 6.26 Å². The predicted octanol–water partition coefficient (Wildman–Crippen LogP) is 1.10. The van der Waals surface area contributed by atoms with E-state index in [4.69, 9.17) is 16.3 Å². The Morgan fingerprint density at radius 1 is 1.35 bits per heavy atom. The van der Waals surface area contributed by atoms with Gasteiger partial charge in [-0.1, -0.05) is 11.6 Å². The summed E-state index contributed by atoms with van der Waals surface area (Å²) in [5, 5.41) is 13.3. The molecule has 0 aliphatic rings. The number of aliphatic hydroxyl groups is 1. The van der Waals surface area contributed by atoms with Crippen LogP contribution in [0.1, 0.15) is 6.42 Å². The fourth-order valence-electron chi connectivity index (χ4n) is 1.51. The number of hydrogen-bond donors (Lipinski definition) is 2. The van der Waals surface area contributed by atoms with Crippen molar-refractivity contribution in [1.29, 1.82) is 0 Å². The zero-order valence-electron chi connectivity index (χ0n) is 11.4. The first-order valence-corrected chi connectivity index (χ1v) is 8.75. The van der Waals surface area contributed by atoms with E-state index in [0.29, 0.717) is 30.3 Å². The Morgan fingerprint density at radius 2 is 2.00 bits per heavy atom. The Hall–Kier alpha value is -0.820. The van der Waals surface area contributed by atoms with Crippen LogP contribution in [-0.4, -0.2) is 51.3 Å². The first-order valence-electron chi connectivity index (χ1n) is 6.32. The number of aliphatic hydroxyl groups excluding tert-OH is 1. The van der Waals surface area contributed by atoms with Crippen molar-refractivity contribution in [2.75, 3.05) is 31.7 Å². The third-order valence-electron chi connectivity index (χ3n) is 2.50. The Labute approximate surface area is 124 Å². The van der Waals surface area contributed by atoms with Crippen molar-refractivity contribution in [3.8, 4) is 5.75 Å². The topological polar surface area (TPSA) is 75.6 Å². The van der Waals surface area contributed by atoms with Gasteiger partial charge in [-0.25, -0.2) is 8.42 Å².